The van der Waals surface area contributed by atoms with E-state index < -0.39 is 83.5 Å². The van der Waals surface area contributed by atoms with Crippen molar-refractivity contribution >= 4 is 27.6 Å². The van der Waals surface area contributed by atoms with E-state index in [9.17, 15) is 53.8 Å². The first kappa shape index (κ1) is 58.0. The number of rotatable bonds is 37. The van der Waals surface area contributed by atoms with Gasteiger partial charge in [0.15, 0.2) is 6.10 Å². The second-order valence-corrected chi connectivity index (χ2v) is 19.1. The molecule has 2 aliphatic rings. The average molecular weight is 953 g/mol. The zero-order valence-corrected chi connectivity index (χ0v) is 39.7. The number of hydrogen-bond acceptors (Lipinski definition) is 14. The second kappa shape index (κ2) is 33.4. The van der Waals surface area contributed by atoms with Crippen molar-refractivity contribution in [2.45, 2.75) is 210 Å². The van der Waals surface area contributed by atoms with Crippen molar-refractivity contribution in [3.05, 3.63) is 48.6 Å². The quantitative estimate of drug-likeness (QED) is 0.0104. The van der Waals surface area contributed by atoms with E-state index in [-0.39, 0.29) is 12.8 Å². The molecular weight excluding hydrogens is 874 g/mol. The SMILES string of the molecule is CCCCC/C=C\C/C=C\C/C=C\CCCCC(=O)OC[C@H](COP(=O)(O)O[C@H]1C(O)C(O)C(O)[C@@H](OP(=O)(O)O)C1O)OC(=O)CCCCCCCC1OC1C/C=C\CCCCC. The van der Waals surface area contributed by atoms with Gasteiger partial charge >= 0.3 is 27.6 Å². The average Bonchev–Trinajstić information content (AvgIpc) is 4.01. The number of carbonyl (C=O) groups excluding carboxylic acids is 2. The van der Waals surface area contributed by atoms with Gasteiger partial charge in [0.2, 0.25) is 0 Å². The zero-order valence-electron chi connectivity index (χ0n) is 37.9. The lowest BCUT2D eigenvalue weighted by Gasteiger charge is -2.43. The molecule has 64 heavy (non-hydrogen) atoms. The number of allylic oxidation sites excluding steroid dienone is 7. The maximum absolute atomic E-state index is 13.0. The molecule has 2 fully saturated rings. The van der Waals surface area contributed by atoms with Crippen molar-refractivity contribution in [3.8, 4) is 0 Å². The number of hydrogen-bond donors (Lipinski definition) is 7. The van der Waals surface area contributed by atoms with Gasteiger partial charge in [-0.15, -0.1) is 0 Å². The first-order valence-electron chi connectivity index (χ1n) is 23.3. The van der Waals surface area contributed by atoms with Crippen LogP contribution < -0.4 is 0 Å². The van der Waals surface area contributed by atoms with E-state index in [4.69, 9.17) is 23.3 Å². The van der Waals surface area contributed by atoms with Crippen LogP contribution in [0, 0.1) is 0 Å². The smallest absolute Gasteiger partial charge is 0.462 e. The number of phosphoric ester groups is 2. The third kappa shape index (κ3) is 26.9. The van der Waals surface area contributed by atoms with Crippen molar-refractivity contribution in [2.24, 2.45) is 0 Å². The zero-order chi connectivity index (χ0) is 47.2. The van der Waals surface area contributed by atoms with Crippen LogP contribution in [0.1, 0.15) is 155 Å². The van der Waals surface area contributed by atoms with Gasteiger partial charge in [-0.2, -0.15) is 0 Å². The molecule has 0 radical (unpaired) electrons. The highest BCUT2D eigenvalue weighted by Crippen LogP contribution is 2.49. The Kier molecular flexibility index (Phi) is 30.3. The van der Waals surface area contributed by atoms with E-state index in [1.165, 1.54) is 38.5 Å². The van der Waals surface area contributed by atoms with Crippen LogP contribution in [-0.4, -0.2) is 115 Å². The Labute approximate surface area is 380 Å². The number of carbonyl (C=O) groups is 2. The van der Waals surface area contributed by atoms with Crippen molar-refractivity contribution < 1.29 is 81.6 Å². The monoisotopic (exact) mass is 952 g/mol. The fourth-order valence-electron chi connectivity index (χ4n) is 7.04. The van der Waals surface area contributed by atoms with Crippen LogP contribution in [0.3, 0.4) is 0 Å². The van der Waals surface area contributed by atoms with Gasteiger partial charge in [0.05, 0.1) is 18.8 Å². The minimum atomic E-state index is -5.37. The number of unbranched alkanes of at least 4 members (excludes halogenated alkanes) is 12. The lowest BCUT2D eigenvalue weighted by atomic mass is 9.85. The van der Waals surface area contributed by atoms with Crippen molar-refractivity contribution in [2.75, 3.05) is 13.2 Å². The molecule has 0 amide bonds. The van der Waals surface area contributed by atoms with E-state index in [2.05, 4.69) is 60.9 Å². The van der Waals surface area contributed by atoms with Crippen LogP contribution in [0.25, 0.3) is 0 Å². The molecule has 0 spiro atoms. The van der Waals surface area contributed by atoms with Crippen LogP contribution in [-0.2, 0) is 46.5 Å². The summed E-state index contributed by atoms with van der Waals surface area (Å²) >= 11 is 0. The Morgan fingerprint density at radius 3 is 1.70 bits per heavy atom. The first-order chi connectivity index (χ1) is 30.6. The maximum Gasteiger partial charge on any atom is 0.472 e. The Bertz CT molecular complexity index is 1500. The number of esters is 2. The Morgan fingerprint density at radius 2 is 1.09 bits per heavy atom. The fraction of sp³-hybridized carbons (Fsp3) is 0.778. The Morgan fingerprint density at radius 1 is 0.578 bits per heavy atom. The van der Waals surface area contributed by atoms with Gasteiger partial charge in [-0.25, -0.2) is 9.13 Å². The van der Waals surface area contributed by atoms with Gasteiger partial charge in [-0.05, 0) is 77.0 Å². The van der Waals surface area contributed by atoms with Gasteiger partial charge in [0.25, 0.3) is 0 Å². The van der Waals surface area contributed by atoms with Gasteiger partial charge < -0.3 is 49.3 Å². The predicted molar refractivity (Wildman–Crippen MR) is 241 cm³/mol. The summed E-state index contributed by atoms with van der Waals surface area (Å²) in [7, 11) is -10.7. The van der Waals surface area contributed by atoms with Gasteiger partial charge in [-0.3, -0.25) is 23.2 Å². The molecule has 19 heteroatoms. The summed E-state index contributed by atoms with van der Waals surface area (Å²) in [6, 6.07) is 0. The number of phosphoric acid groups is 2. The topological polar surface area (TPSA) is 269 Å². The van der Waals surface area contributed by atoms with Crippen LogP contribution in [0.4, 0.5) is 0 Å². The number of epoxide rings is 1. The number of aliphatic hydroxyl groups excluding tert-OH is 4. The molecule has 1 saturated heterocycles. The molecule has 1 saturated carbocycles. The number of aliphatic hydroxyl groups is 4. The van der Waals surface area contributed by atoms with Gasteiger partial charge in [0.1, 0.15) is 43.2 Å². The van der Waals surface area contributed by atoms with Crippen LogP contribution in [0.5, 0.6) is 0 Å². The van der Waals surface area contributed by atoms with Crippen molar-refractivity contribution in [3.63, 3.8) is 0 Å². The van der Waals surface area contributed by atoms with Gasteiger partial charge in [0, 0.05) is 12.8 Å². The summed E-state index contributed by atoms with van der Waals surface area (Å²) < 4.78 is 55.1. The van der Waals surface area contributed by atoms with E-state index in [0.717, 1.165) is 77.0 Å². The molecule has 2 rings (SSSR count). The summed E-state index contributed by atoms with van der Waals surface area (Å²) in [5.74, 6) is -1.28. The Balaban J connectivity index is 1.83. The molecule has 0 aromatic rings. The Hall–Kier alpha value is -2.08. The molecule has 0 aromatic carbocycles. The highest BCUT2D eigenvalue weighted by atomic mass is 31.2. The summed E-state index contributed by atoms with van der Waals surface area (Å²) in [6.45, 7) is 2.98. The van der Waals surface area contributed by atoms with E-state index in [1.54, 1.807) is 0 Å². The second-order valence-electron chi connectivity index (χ2n) is 16.5. The summed E-state index contributed by atoms with van der Waals surface area (Å²) in [5.41, 5.74) is 0. The van der Waals surface area contributed by atoms with E-state index >= 15 is 0 Å². The van der Waals surface area contributed by atoms with E-state index in [1.807, 2.05) is 6.08 Å². The van der Waals surface area contributed by atoms with E-state index in [0.29, 0.717) is 25.0 Å². The molecule has 7 N–H and O–H groups in total. The molecule has 10 atom stereocenters. The summed E-state index contributed by atoms with van der Waals surface area (Å²) in [4.78, 5) is 54.3. The lowest BCUT2D eigenvalue weighted by Crippen LogP contribution is -2.64. The molecule has 1 aliphatic heterocycles. The third-order valence-electron chi connectivity index (χ3n) is 10.8. The molecular formula is C45H78O17P2. The number of ether oxygens (including phenoxy) is 3. The highest BCUT2D eigenvalue weighted by Gasteiger charge is 2.54. The fourth-order valence-corrected chi connectivity index (χ4v) is 8.58. The largest absolute Gasteiger partial charge is 0.472 e. The van der Waals surface area contributed by atoms with Crippen molar-refractivity contribution in [1.29, 1.82) is 0 Å². The molecule has 17 nitrogen and oxygen atoms in total. The van der Waals surface area contributed by atoms with Crippen LogP contribution in [0.2, 0.25) is 0 Å². The minimum absolute atomic E-state index is 0.0112. The summed E-state index contributed by atoms with van der Waals surface area (Å²) in [5, 5.41) is 41.2. The third-order valence-corrected chi connectivity index (χ3v) is 12.3. The predicted octanol–water partition coefficient (Wildman–Crippen LogP) is 7.49. The maximum atomic E-state index is 13.0. The molecule has 0 bridgehead atoms. The first-order valence-corrected chi connectivity index (χ1v) is 26.3. The van der Waals surface area contributed by atoms with Crippen LogP contribution >= 0.6 is 15.6 Å². The molecule has 7 unspecified atom stereocenters. The highest BCUT2D eigenvalue weighted by molar-refractivity contribution is 7.47. The molecule has 1 heterocycles. The normalized spacial score (nSPS) is 25.4. The van der Waals surface area contributed by atoms with Gasteiger partial charge in [-0.1, -0.05) is 114 Å². The molecule has 370 valence electrons. The lowest BCUT2D eigenvalue weighted by molar-refractivity contribution is -0.216. The minimum Gasteiger partial charge on any atom is -0.462 e. The molecule has 0 aromatic heterocycles. The summed E-state index contributed by atoms with van der Waals surface area (Å²) in [6.07, 6.45) is 22.3. The van der Waals surface area contributed by atoms with Crippen molar-refractivity contribution in [1.82, 2.24) is 0 Å². The molecule has 1 aliphatic carbocycles. The van der Waals surface area contributed by atoms with Crippen LogP contribution in [0.15, 0.2) is 48.6 Å². The standard InChI is InChI=1S/C45H78O17P2/c1-3-5-7-9-11-12-13-14-15-16-17-18-19-23-27-31-38(46)57-33-35(34-58-64(55,56)62-45-42(50)40(48)41(49)44(43(45)51)61-63(52,53)54)59-39(47)32-28-24-20-22-26-30-37-36(60-37)29-25-21-10-8-6-4-2/h11-12,14-15,17-18,21,25,35-37,40-45,48-51H,3-10,13,16,19-20,22-24,26-34H2,1-2H3,(H,55,56)(H2,52,53,54)/b12-11-,15-14-,18-17-,25-21-/t35-,36?,37?,40?,41?,42?,43?,44-,45+/m1/s1.